The molecular formula is C25H31N3O5. The highest BCUT2D eigenvalue weighted by molar-refractivity contribution is 5.99. The number of nitrogens with one attached hydrogen (secondary N) is 1. The maximum absolute atomic E-state index is 13.0. The summed E-state index contributed by atoms with van der Waals surface area (Å²) in [7, 11) is 4.85. The third-order valence-corrected chi connectivity index (χ3v) is 5.58. The van der Waals surface area contributed by atoms with Crippen LogP contribution in [0.25, 0.3) is 0 Å². The lowest BCUT2D eigenvalue weighted by atomic mass is 9.96. The lowest BCUT2D eigenvalue weighted by molar-refractivity contribution is -0.135. The summed E-state index contributed by atoms with van der Waals surface area (Å²) in [5.41, 5.74) is 0.893. The van der Waals surface area contributed by atoms with Crippen molar-refractivity contribution in [3.05, 3.63) is 54.1 Å². The van der Waals surface area contributed by atoms with Crippen LogP contribution in [0.4, 0.5) is 5.69 Å². The fraction of sp³-hybridized carbons (Fsp3) is 0.400. The lowest BCUT2D eigenvalue weighted by Crippen LogP contribution is -2.44. The van der Waals surface area contributed by atoms with Crippen molar-refractivity contribution < 1.29 is 23.9 Å². The number of carbonyl (C=O) groups is 3. The van der Waals surface area contributed by atoms with Crippen molar-refractivity contribution in [2.75, 3.05) is 46.2 Å². The molecule has 8 nitrogen and oxygen atoms in total. The molecule has 33 heavy (non-hydrogen) atoms. The van der Waals surface area contributed by atoms with Gasteiger partial charge in [-0.1, -0.05) is 18.2 Å². The van der Waals surface area contributed by atoms with E-state index in [0.717, 1.165) is 12.2 Å². The van der Waals surface area contributed by atoms with Gasteiger partial charge in [-0.15, -0.1) is 0 Å². The van der Waals surface area contributed by atoms with E-state index in [1.54, 1.807) is 37.2 Å². The first kappa shape index (κ1) is 24.1. The summed E-state index contributed by atoms with van der Waals surface area (Å²) in [6.45, 7) is 1.28. The Morgan fingerprint density at radius 2 is 1.88 bits per heavy atom. The van der Waals surface area contributed by atoms with Crippen molar-refractivity contribution in [3.63, 3.8) is 0 Å². The minimum Gasteiger partial charge on any atom is -0.495 e. The second kappa shape index (κ2) is 11.4. The smallest absolute Gasteiger partial charge is 0.253 e. The van der Waals surface area contributed by atoms with E-state index >= 15 is 0 Å². The molecule has 0 aromatic heterocycles. The van der Waals surface area contributed by atoms with Crippen molar-refractivity contribution in [2.24, 2.45) is 5.92 Å². The van der Waals surface area contributed by atoms with Gasteiger partial charge in [-0.3, -0.25) is 14.4 Å². The molecule has 1 heterocycles. The van der Waals surface area contributed by atoms with Crippen molar-refractivity contribution in [3.8, 4) is 11.5 Å². The molecule has 0 radical (unpaired) electrons. The molecule has 2 aromatic carbocycles. The van der Waals surface area contributed by atoms with Crippen molar-refractivity contribution in [1.82, 2.24) is 9.80 Å². The van der Waals surface area contributed by atoms with E-state index in [-0.39, 0.29) is 30.1 Å². The summed E-state index contributed by atoms with van der Waals surface area (Å²) >= 11 is 0. The Morgan fingerprint density at radius 3 is 2.58 bits per heavy atom. The molecule has 1 fully saturated rings. The Bertz CT molecular complexity index is 977. The quantitative estimate of drug-likeness (QED) is 0.664. The molecule has 1 atom stereocenters. The van der Waals surface area contributed by atoms with Crippen LogP contribution >= 0.6 is 0 Å². The predicted molar refractivity (Wildman–Crippen MR) is 125 cm³/mol. The number of carbonyl (C=O) groups excluding carboxylic acids is 3. The zero-order valence-corrected chi connectivity index (χ0v) is 19.4. The standard InChI is InChI=1S/C25H31N3O5/c1-27(2)25(31)18-11-12-22(32-3)21(16-18)26-24(30)19-8-7-14-28(17-19)23(29)13-15-33-20-9-5-4-6-10-20/h4-6,9-12,16,19H,7-8,13-15,17H2,1-3H3,(H,26,30). The van der Waals surface area contributed by atoms with Crippen LogP contribution in [0.15, 0.2) is 48.5 Å². The fourth-order valence-electron chi connectivity index (χ4n) is 3.78. The van der Waals surface area contributed by atoms with Crippen molar-refractivity contribution in [2.45, 2.75) is 19.3 Å². The molecule has 3 rings (SSSR count). The van der Waals surface area contributed by atoms with Gasteiger partial charge in [0.15, 0.2) is 0 Å². The first-order chi connectivity index (χ1) is 15.9. The Kier molecular flexibility index (Phi) is 8.29. The maximum atomic E-state index is 13.0. The minimum absolute atomic E-state index is 0.0282. The number of hydrogen-bond acceptors (Lipinski definition) is 5. The Labute approximate surface area is 194 Å². The fourth-order valence-corrected chi connectivity index (χ4v) is 3.78. The molecule has 8 heteroatoms. The van der Waals surface area contributed by atoms with Crippen molar-refractivity contribution >= 4 is 23.4 Å². The van der Waals surface area contributed by atoms with Crippen LogP contribution in [0.2, 0.25) is 0 Å². The third kappa shape index (κ3) is 6.47. The van der Waals surface area contributed by atoms with E-state index in [4.69, 9.17) is 9.47 Å². The molecule has 1 N–H and O–H groups in total. The summed E-state index contributed by atoms with van der Waals surface area (Å²) in [5, 5.41) is 2.89. The van der Waals surface area contributed by atoms with E-state index in [2.05, 4.69) is 5.32 Å². The van der Waals surface area contributed by atoms with Crippen LogP contribution in [0.1, 0.15) is 29.6 Å². The van der Waals surface area contributed by atoms with Gasteiger partial charge in [0.1, 0.15) is 11.5 Å². The molecule has 1 aliphatic rings. The van der Waals surface area contributed by atoms with Crippen LogP contribution in [0, 0.1) is 5.92 Å². The summed E-state index contributed by atoms with van der Waals surface area (Å²) in [6.07, 6.45) is 1.69. The number of hydrogen-bond donors (Lipinski definition) is 1. The van der Waals surface area contributed by atoms with Gasteiger partial charge in [0.25, 0.3) is 5.91 Å². The van der Waals surface area contributed by atoms with Crippen LogP contribution < -0.4 is 14.8 Å². The second-order valence-electron chi connectivity index (χ2n) is 8.19. The van der Waals surface area contributed by atoms with Crippen LogP contribution in [0.3, 0.4) is 0 Å². The van der Waals surface area contributed by atoms with E-state index < -0.39 is 0 Å². The predicted octanol–water partition coefficient (Wildman–Crippen LogP) is 3.04. The van der Waals surface area contributed by atoms with Crippen LogP contribution in [0.5, 0.6) is 11.5 Å². The number of benzene rings is 2. The van der Waals surface area contributed by atoms with Gasteiger partial charge in [-0.05, 0) is 43.2 Å². The second-order valence-corrected chi connectivity index (χ2v) is 8.19. The molecule has 176 valence electrons. The number of rotatable bonds is 8. The van der Waals surface area contributed by atoms with Gasteiger partial charge in [0, 0.05) is 32.7 Å². The minimum atomic E-state index is -0.337. The number of para-hydroxylation sites is 1. The maximum Gasteiger partial charge on any atom is 0.253 e. The van der Waals surface area contributed by atoms with Gasteiger partial charge in [0.2, 0.25) is 11.8 Å². The SMILES string of the molecule is COc1ccc(C(=O)N(C)C)cc1NC(=O)C1CCCN(C(=O)CCOc2ccccc2)C1. The van der Waals surface area contributed by atoms with Crippen LogP contribution in [-0.2, 0) is 9.59 Å². The summed E-state index contributed by atoms with van der Waals surface area (Å²) < 4.78 is 11.0. The van der Waals surface area contributed by atoms with Gasteiger partial charge in [-0.25, -0.2) is 0 Å². The number of methoxy groups -OCH3 is 1. The number of piperidine rings is 1. The molecule has 3 amide bonds. The molecular weight excluding hydrogens is 422 g/mol. The molecule has 2 aromatic rings. The average Bonchev–Trinajstić information content (AvgIpc) is 2.84. The number of nitrogens with zero attached hydrogens (tertiary/aromatic N) is 2. The Morgan fingerprint density at radius 1 is 1.12 bits per heavy atom. The van der Waals surface area contributed by atoms with Crippen molar-refractivity contribution in [1.29, 1.82) is 0 Å². The molecule has 0 bridgehead atoms. The number of ether oxygens (including phenoxy) is 2. The monoisotopic (exact) mass is 453 g/mol. The molecule has 0 aliphatic carbocycles. The molecule has 0 saturated carbocycles. The normalized spacial score (nSPS) is 15.5. The third-order valence-electron chi connectivity index (χ3n) is 5.58. The first-order valence-electron chi connectivity index (χ1n) is 11.0. The summed E-state index contributed by atoms with van der Waals surface area (Å²) in [4.78, 5) is 41.1. The first-order valence-corrected chi connectivity index (χ1v) is 11.0. The van der Waals surface area contributed by atoms with E-state index in [1.807, 2.05) is 30.3 Å². The van der Waals surface area contributed by atoms with E-state index in [9.17, 15) is 14.4 Å². The number of anilines is 1. The van der Waals surface area contributed by atoms with Crippen LogP contribution in [-0.4, -0.2) is 68.4 Å². The largest absolute Gasteiger partial charge is 0.495 e. The Balaban J connectivity index is 1.58. The molecule has 1 saturated heterocycles. The number of amides is 3. The number of likely N-dealkylation sites (tertiary alicyclic amines) is 1. The lowest BCUT2D eigenvalue weighted by Gasteiger charge is -2.32. The van der Waals surface area contributed by atoms with E-state index in [1.165, 1.54) is 12.0 Å². The average molecular weight is 454 g/mol. The van der Waals surface area contributed by atoms with E-state index in [0.29, 0.717) is 43.1 Å². The molecule has 1 aliphatic heterocycles. The zero-order chi connectivity index (χ0) is 23.8. The molecule has 1 unspecified atom stereocenters. The van der Waals surface area contributed by atoms with Gasteiger partial charge < -0.3 is 24.6 Å². The summed E-state index contributed by atoms with van der Waals surface area (Å²) in [5.74, 6) is 0.474. The summed E-state index contributed by atoms with van der Waals surface area (Å²) in [6, 6.07) is 14.3. The highest BCUT2D eigenvalue weighted by atomic mass is 16.5. The van der Waals surface area contributed by atoms with Gasteiger partial charge in [-0.2, -0.15) is 0 Å². The van der Waals surface area contributed by atoms with Gasteiger partial charge >= 0.3 is 0 Å². The topological polar surface area (TPSA) is 88.2 Å². The van der Waals surface area contributed by atoms with Gasteiger partial charge in [0.05, 0.1) is 31.7 Å². The molecule has 0 spiro atoms. The zero-order valence-electron chi connectivity index (χ0n) is 19.4. The Hall–Kier alpha value is -3.55. The highest BCUT2D eigenvalue weighted by Crippen LogP contribution is 2.28. The highest BCUT2D eigenvalue weighted by Gasteiger charge is 2.29.